The number of imidazole rings is 1. The number of thiophene rings is 1. The molecule has 8 heteroatoms. The van der Waals surface area contributed by atoms with Crippen LogP contribution >= 0.6 is 22.9 Å². The van der Waals surface area contributed by atoms with E-state index < -0.39 is 0 Å². The van der Waals surface area contributed by atoms with Crippen LogP contribution in [0.5, 0.6) is 0 Å². The predicted molar refractivity (Wildman–Crippen MR) is 133 cm³/mol. The van der Waals surface area contributed by atoms with E-state index in [0.717, 1.165) is 21.9 Å². The minimum atomic E-state index is -0.331. The Morgan fingerprint density at radius 3 is 2.67 bits per heavy atom. The second-order valence-electron chi connectivity index (χ2n) is 7.48. The lowest BCUT2D eigenvalue weighted by molar-refractivity contribution is 0.103. The van der Waals surface area contributed by atoms with E-state index >= 15 is 0 Å². The van der Waals surface area contributed by atoms with Gasteiger partial charge in [0.2, 0.25) is 0 Å². The van der Waals surface area contributed by atoms with Crippen LogP contribution in [0.15, 0.2) is 67.0 Å². The van der Waals surface area contributed by atoms with Gasteiger partial charge in [-0.25, -0.2) is 9.78 Å². The number of halogens is 1. The van der Waals surface area contributed by atoms with Crippen LogP contribution in [0.2, 0.25) is 5.02 Å². The third kappa shape index (κ3) is 5.16. The van der Waals surface area contributed by atoms with Crippen molar-refractivity contribution in [3.63, 3.8) is 0 Å². The summed E-state index contributed by atoms with van der Waals surface area (Å²) in [7, 11) is 0. The van der Waals surface area contributed by atoms with Crippen molar-refractivity contribution in [3.05, 3.63) is 99.4 Å². The largest absolute Gasteiger partial charge is 0.331 e. The van der Waals surface area contributed by atoms with Crippen LogP contribution < -0.4 is 10.6 Å². The highest BCUT2D eigenvalue weighted by Crippen LogP contribution is 2.31. The lowest BCUT2D eigenvalue weighted by Crippen LogP contribution is -2.29. The summed E-state index contributed by atoms with van der Waals surface area (Å²) in [5.41, 5.74) is 2.80. The fraction of sp³-hybridized carbons (Fsp3) is 0.160. The van der Waals surface area contributed by atoms with Crippen molar-refractivity contribution >= 4 is 40.4 Å². The van der Waals surface area contributed by atoms with E-state index in [9.17, 15) is 9.59 Å². The lowest BCUT2D eigenvalue weighted by atomic mass is 10.0. The van der Waals surface area contributed by atoms with E-state index in [2.05, 4.69) is 15.6 Å². The molecule has 4 rings (SSSR count). The van der Waals surface area contributed by atoms with Gasteiger partial charge in [-0.3, -0.25) is 9.36 Å². The molecular weight excluding hydrogens is 456 g/mol. The number of carbonyl (C=O) groups is 2. The zero-order valence-electron chi connectivity index (χ0n) is 18.3. The van der Waals surface area contributed by atoms with Gasteiger partial charge in [0.1, 0.15) is 10.8 Å². The third-order valence-electron chi connectivity index (χ3n) is 5.09. The second-order valence-corrected chi connectivity index (χ2v) is 9.01. The first-order valence-electron chi connectivity index (χ1n) is 10.5. The molecule has 0 saturated carbocycles. The lowest BCUT2D eigenvalue weighted by Gasteiger charge is -2.11. The number of benzene rings is 2. The summed E-state index contributed by atoms with van der Waals surface area (Å²) in [6, 6.07) is 16.2. The molecule has 33 heavy (non-hydrogen) atoms. The van der Waals surface area contributed by atoms with E-state index in [1.54, 1.807) is 36.7 Å². The molecule has 0 aliphatic heterocycles. The molecule has 0 fully saturated rings. The molecule has 0 bridgehead atoms. The number of amides is 2. The maximum atomic E-state index is 13.3. The number of ketones is 1. The van der Waals surface area contributed by atoms with Crippen molar-refractivity contribution in [1.82, 2.24) is 14.9 Å². The number of nitrogens with one attached hydrogen (secondary N) is 2. The van der Waals surface area contributed by atoms with Crippen molar-refractivity contribution in [2.75, 3.05) is 5.32 Å². The van der Waals surface area contributed by atoms with Crippen molar-refractivity contribution in [2.45, 2.75) is 26.8 Å². The minimum Gasteiger partial charge on any atom is -0.331 e. The zero-order valence-corrected chi connectivity index (χ0v) is 19.8. The summed E-state index contributed by atoms with van der Waals surface area (Å²) < 4.78 is 1.85. The van der Waals surface area contributed by atoms with Gasteiger partial charge in [0.05, 0.1) is 17.1 Å². The fourth-order valence-electron chi connectivity index (χ4n) is 3.45. The summed E-state index contributed by atoms with van der Waals surface area (Å²) in [5, 5.41) is 6.83. The molecule has 4 aromatic rings. The zero-order chi connectivity index (χ0) is 23.4. The molecule has 0 atom stereocenters. The van der Waals surface area contributed by atoms with Gasteiger partial charge < -0.3 is 10.6 Å². The number of aryl methyl sites for hydroxylation is 2. The molecule has 6 nitrogen and oxygen atoms in total. The van der Waals surface area contributed by atoms with Gasteiger partial charge >= 0.3 is 6.03 Å². The number of rotatable bonds is 7. The van der Waals surface area contributed by atoms with Crippen LogP contribution in [0.25, 0.3) is 5.00 Å². The third-order valence-corrected chi connectivity index (χ3v) is 6.70. The molecule has 2 N–H and O–H groups in total. The van der Waals surface area contributed by atoms with Crippen LogP contribution in [0.3, 0.4) is 0 Å². The molecule has 2 aromatic carbocycles. The quantitative estimate of drug-likeness (QED) is 0.319. The van der Waals surface area contributed by atoms with Gasteiger partial charge in [0.15, 0.2) is 5.78 Å². The van der Waals surface area contributed by atoms with Gasteiger partial charge in [-0.1, -0.05) is 42.8 Å². The van der Waals surface area contributed by atoms with E-state index in [4.69, 9.17) is 11.6 Å². The molecule has 0 unspecified atom stereocenters. The Labute approximate surface area is 201 Å². The Balaban J connectivity index is 1.57. The molecule has 2 amide bonds. The summed E-state index contributed by atoms with van der Waals surface area (Å²) >= 11 is 7.82. The summed E-state index contributed by atoms with van der Waals surface area (Å²) in [6.07, 6.45) is 4.25. The van der Waals surface area contributed by atoms with Gasteiger partial charge in [0.25, 0.3) is 0 Å². The molecule has 0 radical (unpaired) electrons. The van der Waals surface area contributed by atoms with E-state index in [-0.39, 0.29) is 18.4 Å². The van der Waals surface area contributed by atoms with Crippen LogP contribution in [0.1, 0.15) is 39.1 Å². The number of nitrogens with zero attached hydrogens (tertiary/aromatic N) is 2. The first-order chi connectivity index (χ1) is 16.0. The van der Waals surface area contributed by atoms with Gasteiger partial charge in [-0.2, -0.15) is 0 Å². The van der Waals surface area contributed by atoms with E-state index in [1.165, 1.54) is 11.3 Å². The Bertz CT molecular complexity index is 1310. The molecule has 0 aliphatic rings. The monoisotopic (exact) mass is 478 g/mol. The smallest absolute Gasteiger partial charge is 0.319 e. The number of hydrogen-bond acceptors (Lipinski definition) is 4. The van der Waals surface area contributed by atoms with Gasteiger partial charge in [-0.05, 0) is 49.2 Å². The van der Waals surface area contributed by atoms with Crippen LogP contribution in [0, 0.1) is 6.92 Å². The highest BCUT2D eigenvalue weighted by Gasteiger charge is 2.22. The van der Waals surface area contributed by atoms with Gasteiger partial charge in [0, 0.05) is 28.5 Å². The molecule has 0 saturated heterocycles. The standard InChI is InChI=1S/C25H23ClN4O2S/c1-3-18-14-20(23(31)19-9-4-5-10-21(19)26)24(33-18)30-12-11-27-22(30)15-28-25(32)29-17-8-6-7-16(2)13-17/h4-14H,3,15H2,1-2H3,(H2,28,29,32). The molecule has 168 valence electrons. The average Bonchev–Trinajstić information content (AvgIpc) is 3.44. The van der Waals surface area contributed by atoms with E-state index in [1.807, 2.05) is 48.7 Å². The van der Waals surface area contributed by atoms with Gasteiger partial charge in [-0.15, -0.1) is 11.3 Å². The van der Waals surface area contributed by atoms with Crippen LogP contribution in [-0.2, 0) is 13.0 Å². The minimum absolute atomic E-state index is 0.142. The maximum Gasteiger partial charge on any atom is 0.319 e. The summed E-state index contributed by atoms with van der Waals surface area (Å²) in [5.74, 6) is 0.475. The molecule has 2 heterocycles. The van der Waals surface area contributed by atoms with Crippen molar-refractivity contribution < 1.29 is 9.59 Å². The molecule has 0 spiro atoms. The first-order valence-corrected chi connectivity index (χ1v) is 11.7. The Morgan fingerprint density at radius 1 is 1.09 bits per heavy atom. The second kappa shape index (κ2) is 10.0. The number of anilines is 1. The number of aromatic nitrogens is 2. The Kier molecular flexibility index (Phi) is 6.91. The Hall–Kier alpha value is -3.42. The van der Waals surface area contributed by atoms with Crippen LogP contribution in [-0.4, -0.2) is 21.4 Å². The number of hydrogen-bond donors (Lipinski definition) is 2. The van der Waals surface area contributed by atoms with Crippen molar-refractivity contribution in [2.24, 2.45) is 0 Å². The molecule has 2 aromatic heterocycles. The average molecular weight is 479 g/mol. The predicted octanol–water partition coefficient (Wildman–Crippen LogP) is 6.01. The highest BCUT2D eigenvalue weighted by molar-refractivity contribution is 7.15. The van der Waals surface area contributed by atoms with Crippen molar-refractivity contribution in [3.8, 4) is 5.00 Å². The maximum absolute atomic E-state index is 13.3. The first kappa shape index (κ1) is 22.8. The van der Waals surface area contributed by atoms with E-state index in [0.29, 0.717) is 27.7 Å². The number of urea groups is 1. The normalized spacial score (nSPS) is 10.8. The topological polar surface area (TPSA) is 76.0 Å². The summed E-state index contributed by atoms with van der Waals surface area (Å²) in [6.45, 7) is 4.21. The van der Waals surface area contributed by atoms with Crippen LogP contribution in [0.4, 0.5) is 10.5 Å². The summed E-state index contributed by atoms with van der Waals surface area (Å²) in [4.78, 5) is 31.2. The van der Waals surface area contributed by atoms with Crippen molar-refractivity contribution in [1.29, 1.82) is 0 Å². The fourth-order valence-corrected chi connectivity index (χ4v) is 4.76. The highest BCUT2D eigenvalue weighted by atomic mass is 35.5. The molecule has 0 aliphatic carbocycles. The SMILES string of the molecule is CCc1cc(C(=O)c2ccccc2Cl)c(-n2ccnc2CNC(=O)Nc2cccc(C)c2)s1. The Morgan fingerprint density at radius 2 is 1.91 bits per heavy atom. The number of carbonyl (C=O) groups excluding carboxylic acids is 2. The molecular formula is C25H23ClN4O2S.